The quantitative estimate of drug-likeness (QED) is 0.326. The van der Waals surface area contributed by atoms with Crippen LogP contribution in [-0.2, 0) is 11.3 Å². The van der Waals surface area contributed by atoms with Crippen LogP contribution in [0.2, 0.25) is 5.02 Å². The van der Waals surface area contributed by atoms with Crippen molar-refractivity contribution in [2.75, 3.05) is 11.5 Å². The van der Waals surface area contributed by atoms with Crippen LogP contribution in [0.15, 0.2) is 36.2 Å². The summed E-state index contributed by atoms with van der Waals surface area (Å²) in [4.78, 5) is 29.2. The number of aliphatic hydroxyl groups excluding tert-OH is 1. The average molecular weight is 550 g/mol. The largest absolute Gasteiger partial charge is 0.491 e. The van der Waals surface area contributed by atoms with Crippen molar-refractivity contribution in [3.05, 3.63) is 69.3 Å². The number of carbonyl (C=O) groups excluding carboxylic acids is 1. The molecule has 9 heteroatoms. The van der Waals surface area contributed by atoms with E-state index in [0.29, 0.717) is 57.9 Å². The molecule has 0 saturated heterocycles. The van der Waals surface area contributed by atoms with E-state index in [0.717, 1.165) is 23.2 Å². The molecule has 39 heavy (non-hydrogen) atoms. The third kappa shape index (κ3) is 5.92. The van der Waals surface area contributed by atoms with Crippen molar-refractivity contribution in [3.8, 4) is 17.1 Å². The minimum absolute atomic E-state index is 0.0323. The number of carbonyl (C=O) groups is 1. The summed E-state index contributed by atoms with van der Waals surface area (Å²) in [6, 6.07) is 7.37. The Kier molecular flexibility index (Phi) is 8.57. The van der Waals surface area contributed by atoms with E-state index in [2.05, 4.69) is 22.9 Å². The molecule has 0 saturated carbocycles. The molecule has 3 N–H and O–H groups in total. The van der Waals surface area contributed by atoms with Crippen LogP contribution >= 0.6 is 11.6 Å². The highest BCUT2D eigenvalue weighted by Gasteiger charge is 2.32. The summed E-state index contributed by atoms with van der Waals surface area (Å²) in [5.74, 6) is 1.40. The van der Waals surface area contributed by atoms with Gasteiger partial charge in [-0.3, -0.25) is 9.78 Å². The Bertz CT molecular complexity index is 1430. The molecule has 0 unspecified atom stereocenters. The number of benzene rings is 1. The summed E-state index contributed by atoms with van der Waals surface area (Å²) in [7, 11) is 0. The van der Waals surface area contributed by atoms with Crippen LogP contribution in [0.4, 0.5) is 5.82 Å². The molecule has 3 aromatic rings. The second-order valence-corrected chi connectivity index (χ2v) is 10.6. The van der Waals surface area contributed by atoms with Crippen LogP contribution < -0.4 is 15.4 Å². The molecule has 0 fully saturated rings. The summed E-state index contributed by atoms with van der Waals surface area (Å²) < 4.78 is 5.85. The first-order chi connectivity index (χ1) is 18.5. The van der Waals surface area contributed by atoms with Gasteiger partial charge in [0.25, 0.3) is 0 Å². The van der Waals surface area contributed by atoms with Gasteiger partial charge in [-0.15, -0.1) is 0 Å². The molecule has 3 heterocycles. The number of ketones is 1. The third-order valence-electron chi connectivity index (χ3n) is 7.04. The van der Waals surface area contributed by atoms with Crippen LogP contribution in [-0.4, -0.2) is 38.6 Å². The normalized spacial score (nSPS) is 16.1. The lowest BCUT2D eigenvalue weighted by atomic mass is 10.0. The standard InChI is InChI=1S/C30H36ClN5O3/c1-7-8-22(38)15-39-23-9-10-26(31)25(12-23)29-34-28(27(18(4)32)20(6)37)17(3)30(35-29)36-14-21-13-33-16(2)11-24(21)19(36)5/h9-13,19,22,38H,7-8,14-15,32H2,1-6H3/t19-,22+/m0/s1. The van der Waals surface area contributed by atoms with Crippen molar-refractivity contribution >= 4 is 28.8 Å². The molecule has 1 aliphatic heterocycles. The van der Waals surface area contributed by atoms with Crippen molar-refractivity contribution in [2.45, 2.75) is 73.1 Å². The summed E-state index contributed by atoms with van der Waals surface area (Å²) >= 11 is 6.66. The van der Waals surface area contributed by atoms with Crippen molar-refractivity contribution < 1.29 is 14.6 Å². The predicted molar refractivity (Wildman–Crippen MR) is 155 cm³/mol. The minimum Gasteiger partial charge on any atom is -0.491 e. The summed E-state index contributed by atoms with van der Waals surface area (Å²) in [6.07, 6.45) is 2.86. The topological polar surface area (TPSA) is 114 Å². The highest BCUT2D eigenvalue weighted by atomic mass is 35.5. The van der Waals surface area contributed by atoms with Gasteiger partial charge in [-0.2, -0.15) is 0 Å². The minimum atomic E-state index is -0.560. The molecular weight excluding hydrogens is 514 g/mol. The zero-order valence-corrected chi connectivity index (χ0v) is 24.1. The van der Waals surface area contributed by atoms with E-state index < -0.39 is 6.10 Å². The molecule has 0 radical (unpaired) electrons. The molecule has 8 nitrogen and oxygen atoms in total. The summed E-state index contributed by atoms with van der Waals surface area (Å²) in [6.45, 7) is 12.0. The number of nitrogens with two attached hydrogens (primary N) is 1. The lowest BCUT2D eigenvalue weighted by Gasteiger charge is -2.27. The Morgan fingerprint density at radius 1 is 1.26 bits per heavy atom. The van der Waals surface area contributed by atoms with Crippen molar-refractivity contribution in [1.29, 1.82) is 0 Å². The van der Waals surface area contributed by atoms with Gasteiger partial charge < -0.3 is 20.5 Å². The highest BCUT2D eigenvalue weighted by molar-refractivity contribution is 6.33. The highest BCUT2D eigenvalue weighted by Crippen LogP contribution is 2.41. The molecule has 1 aromatic carbocycles. The number of hydrogen-bond donors (Lipinski definition) is 2. The van der Waals surface area contributed by atoms with Crippen LogP contribution in [0.1, 0.15) is 74.7 Å². The van der Waals surface area contributed by atoms with E-state index in [1.165, 1.54) is 12.5 Å². The van der Waals surface area contributed by atoms with Gasteiger partial charge in [0.2, 0.25) is 0 Å². The number of rotatable bonds is 9. The van der Waals surface area contributed by atoms with E-state index >= 15 is 0 Å². The second-order valence-electron chi connectivity index (χ2n) is 10.2. The second kappa shape index (κ2) is 11.7. The number of aromatic nitrogens is 3. The maximum Gasteiger partial charge on any atom is 0.163 e. The van der Waals surface area contributed by atoms with E-state index in [9.17, 15) is 9.90 Å². The van der Waals surface area contributed by atoms with E-state index in [1.807, 2.05) is 27.0 Å². The number of fused-ring (bicyclic) bond motifs is 1. The maximum atomic E-state index is 12.7. The van der Waals surface area contributed by atoms with Gasteiger partial charge in [-0.1, -0.05) is 24.9 Å². The fourth-order valence-electron chi connectivity index (χ4n) is 5.03. The first-order valence-corrected chi connectivity index (χ1v) is 13.6. The molecular formula is C30H36ClN5O3. The molecule has 206 valence electrons. The Morgan fingerprint density at radius 2 is 2.00 bits per heavy atom. The van der Waals surface area contributed by atoms with Gasteiger partial charge in [-0.05, 0) is 76.4 Å². The summed E-state index contributed by atoms with van der Waals surface area (Å²) in [5.41, 5.74) is 12.0. The maximum absolute atomic E-state index is 12.7. The Hall–Kier alpha value is -3.49. The number of allylic oxidation sites excluding steroid dienone is 2. The van der Waals surface area contributed by atoms with Gasteiger partial charge in [0.15, 0.2) is 11.6 Å². The Morgan fingerprint density at radius 3 is 2.67 bits per heavy atom. The van der Waals surface area contributed by atoms with Gasteiger partial charge in [-0.25, -0.2) is 9.97 Å². The smallest absolute Gasteiger partial charge is 0.163 e. The van der Waals surface area contributed by atoms with Crippen molar-refractivity contribution in [3.63, 3.8) is 0 Å². The molecule has 4 rings (SSSR count). The monoisotopic (exact) mass is 549 g/mol. The fourth-order valence-corrected chi connectivity index (χ4v) is 5.23. The van der Waals surface area contributed by atoms with Crippen LogP contribution in [0, 0.1) is 13.8 Å². The fraction of sp³-hybridized carbons (Fsp3) is 0.400. The number of anilines is 1. The predicted octanol–water partition coefficient (Wildman–Crippen LogP) is 5.71. The van der Waals surface area contributed by atoms with E-state index in [-0.39, 0.29) is 18.4 Å². The Balaban J connectivity index is 1.86. The molecule has 1 aliphatic rings. The lowest BCUT2D eigenvalue weighted by molar-refractivity contribution is -0.111. The molecule has 0 aliphatic carbocycles. The van der Waals surface area contributed by atoms with Crippen molar-refractivity contribution in [1.82, 2.24) is 15.0 Å². The van der Waals surface area contributed by atoms with Gasteiger partial charge in [0.05, 0.1) is 28.4 Å². The molecule has 0 amide bonds. The Labute approximate surface area is 234 Å². The number of aliphatic hydroxyl groups is 1. The third-order valence-corrected chi connectivity index (χ3v) is 7.37. The number of pyridine rings is 1. The number of hydrogen-bond acceptors (Lipinski definition) is 8. The number of aryl methyl sites for hydroxylation is 1. The number of ether oxygens (including phenoxy) is 1. The average Bonchev–Trinajstić information content (AvgIpc) is 3.20. The van der Waals surface area contributed by atoms with Gasteiger partial charge in [0, 0.05) is 35.3 Å². The van der Waals surface area contributed by atoms with Gasteiger partial charge >= 0.3 is 0 Å². The SMILES string of the molecule is CCC[C@@H](O)COc1ccc(Cl)c(-c2nc(C(C(C)=O)=C(C)N)c(C)c(N3Cc4cnc(C)cc4[C@@H]3C)n2)c1. The van der Waals surface area contributed by atoms with E-state index in [1.54, 1.807) is 25.1 Å². The van der Waals surface area contributed by atoms with Crippen LogP contribution in [0.25, 0.3) is 17.0 Å². The number of halogens is 1. The lowest BCUT2D eigenvalue weighted by Crippen LogP contribution is -2.23. The van der Waals surface area contributed by atoms with E-state index in [4.69, 9.17) is 32.0 Å². The summed E-state index contributed by atoms with van der Waals surface area (Å²) in [5, 5.41) is 10.6. The van der Waals surface area contributed by atoms with Crippen LogP contribution in [0.5, 0.6) is 5.75 Å². The molecule has 2 aromatic heterocycles. The molecule has 2 atom stereocenters. The zero-order valence-electron chi connectivity index (χ0n) is 23.4. The first kappa shape index (κ1) is 28.5. The van der Waals surface area contributed by atoms with Crippen LogP contribution in [0.3, 0.4) is 0 Å². The molecule has 0 bridgehead atoms. The van der Waals surface area contributed by atoms with Crippen molar-refractivity contribution in [2.24, 2.45) is 5.73 Å². The zero-order chi connectivity index (χ0) is 28.4. The molecule has 0 spiro atoms. The number of nitrogens with zero attached hydrogens (tertiary/aromatic N) is 4. The van der Waals surface area contributed by atoms with Gasteiger partial charge in [0.1, 0.15) is 18.2 Å². The number of Topliss-reactive ketones (excluding diaryl/α,β-unsaturated/α-hetero) is 1. The first-order valence-electron chi connectivity index (χ1n) is 13.2.